The van der Waals surface area contributed by atoms with Gasteiger partial charge in [-0.05, 0) is 20.8 Å². The predicted molar refractivity (Wildman–Crippen MR) is 75.9 cm³/mol. The third-order valence-electron chi connectivity index (χ3n) is 2.72. The Morgan fingerprint density at radius 2 is 1.83 bits per heavy atom. The molecule has 0 bridgehead atoms. The van der Waals surface area contributed by atoms with Crippen LogP contribution in [0, 0.1) is 0 Å². The standard InChI is InChI=1S/C14H23NO8/c1-8(16)20-9-6-10(12(17)19-5)21-11(7-9)23-15-13(18)22-14(2,3)4/h9-11H,6-7H2,1-5H3,(H,15,18). The number of ether oxygens (including phenoxy) is 4. The van der Waals surface area contributed by atoms with Crippen LogP contribution >= 0.6 is 0 Å². The molecule has 0 spiro atoms. The molecule has 0 aromatic rings. The Hall–Kier alpha value is -1.87. The Morgan fingerprint density at radius 1 is 1.17 bits per heavy atom. The van der Waals surface area contributed by atoms with Crippen molar-refractivity contribution in [3.8, 4) is 0 Å². The van der Waals surface area contributed by atoms with Gasteiger partial charge in [-0.25, -0.2) is 14.4 Å². The van der Waals surface area contributed by atoms with Crippen molar-refractivity contribution in [2.24, 2.45) is 0 Å². The molecule has 9 nitrogen and oxygen atoms in total. The van der Waals surface area contributed by atoms with Crippen LogP contribution in [0.2, 0.25) is 0 Å². The third-order valence-corrected chi connectivity index (χ3v) is 2.72. The molecule has 1 rings (SSSR count). The Bertz CT molecular complexity index is 445. The van der Waals surface area contributed by atoms with Crippen molar-refractivity contribution in [2.75, 3.05) is 7.11 Å². The Labute approximate surface area is 134 Å². The number of amides is 1. The fourth-order valence-corrected chi connectivity index (χ4v) is 1.95. The average Bonchev–Trinajstić information content (AvgIpc) is 2.41. The summed E-state index contributed by atoms with van der Waals surface area (Å²) in [5.41, 5.74) is 1.40. The van der Waals surface area contributed by atoms with E-state index in [1.165, 1.54) is 14.0 Å². The summed E-state index contributed by atoms with van der Waals surface area (Å²) in [6.45, 7) is 6.37. The summed E-state index contributed by atoms with van der Waals surface area (Å²) in [5, 5.41) is 0. The second kappa shape index (κ2) is 8.11. The summed E-state index contributed by atoms with van der Waals surface area (Å²) in [6, 6.07) is 0. The average molecular weight is 333 g/mol. The van der Waals surface area contributed by atoms with E-state index < -0.39 is 42.1 Å². The molecule has 1 heterocycles. The highest BCUT2D eigenvalue weighted by atomic mass is 16.8. The van der Waals surface area contributed by atoms with Gasteiger partial charge in [-0.2, -0.15) is 5.48 Å². The zero-order valence-electron chi connectivity index (χ0n) is 13.9. The Morgan fingerprint density at radius 3 is 2.35 bits per heavy atom. The number of carbonyl (C=O) groups excluding carboxylic acids is 3. The van der Waals surface area contributed by atoms with E-state index >= 15 is 0 Å². The first-order chi connectivity index (χ1) is 10.6. The van der Waals surface area contributed by atoms with Crippen molar-refractivity contribution in [3.05, 3.63) is 0 Å². The van der Waals surface area contributed by atoms with Gasteiger partial charge in [-0.1, -0.05) is 0 Å². The van der Waals surface area contributed by atoms with Gasteiger partial charge in [-0.15, -0.1) is 0 Å². The number of methoxy groups -OCH3 is 1. The molecule has 1 saturated heterocycles. The van der Waals surface area contributed by atoms with Crippen molar-refractivity contribution < 1.29 is 38.2 Å². The molecule has 0 aromatic heterocycles. The number of esters is 2. The van der Waals surface area contributed by atoms with E-state index in [4.69, 9.17) is 19.0 Å². The van der Waals surface area contributed by atoms with Crippen molar-refractivity contribution in [1.82, 2.24) is 5.48 Å². The van der Waals surface area contributed by atoms with Crippen LogP contribution in [0.4, 0.5) is 4.79 Å². The molecular weight excluding hydrogens is 310 g/mol. The molecule has 0 radical (unpaired) electrons. The largest absolute Gasteiger partial charge is 0.467 e. The normalized spacial score (nSPS) is 24.5. The molecular formula is C14H23NO8. The highest BCUT2D eigenvalue weighted by Gasteiger charge is 2.37. The van der Waals surface area contributed by atoms with Crippen molar-refractivity contribution in [3.63, 3.8) is 0 Å². The van der Waals surface area contributed by atoms with Crippen LogP contribution in [-0.2, 0) is 33.4 Å². The molecule has 1 fully saturated rings. The van der Waals surface area contributed by atoms with Crippen molar-refractivity contribution >= 4 is 18.0 Å². The maximum Gasteiger partial charge on any atom is 0.431 e. The SMILES string of the molecule is COC(=O)C1CC(OC(C)=O)CC(ONC(=O)OC(C)(C)C)O1. The smallest absolute Gasteiger partial charge is 0.431 e. The van der Waals surface area contributed by atoms with Crippen molar-refractivity contribution in [1.29, 1.82) is 0 Å². The molecule has 23 heavy (non-hydrogen) atoms. The maximum atomic E-state index is 11.6. The van der Waals surface area contributed by atoms with Gasteiger partial charge in [0.05, 0.1) is 7.11 Å². The van der Waals surface area contributed by atoms with Gasteiger partial charge in [0, 0.05) is 19.8 Å². The number of nitrogens with one attached hydrogen (secondary N) is 1. The lowest BCUT2D eigenvalue weighted by molar-refractivity contribution is -0.242. The highest BCUT2D eigenvalue weighted by Crippen LogP contribution is 2.23. The topological polar surface area (TPSA) is 109 Å². The molecule has 0 aromatic carbocycles. The molecule has 3 unspecified atom stereocenters. The fraction of sp³-hybridized carbons (Fsp3) is 0.786. The summed E-state index contributed by atoms with van der Waals surface area (Å²) < 4.78 is 20.1. The van der Waals surface area contributed by atoms with Crippen LogP contribution < -0.4 is 5.48 Å². The number of hydrogen-bond acceptors (Lipinski definition) is 8. The molecule has 1 aliphatic heterocycles. The van der Waals surface area contributed by atoms with Gasteiger partial charge in [0.1, 0.15) is 11.7 Å². The fourth-order valence-electron chi connectivity index (χ4n) is 1.95. The first-order valence-electron chi connectivity index (χ1n) is 7.16. The van der Waals surface area contributed by atoms with Crippen LogP contribution in [0.25, 0.3) is 0 Å². The lowest BCUT2D eigenvalue weighted by Crippen LogP contribution is -2.46. The van der Waals surface area contributed by atoms with Gasteiger partial charge in [0.25, 0.3) is 0 Å². The number of hydroxylamine groups is 1. The van der Waals surface area contributed by atoms with Crippen LogP contribution in [0.3, 0.4) is 0 Å². The minimum absolute atomic E-state index is 0.151. The van der Waals surface area contributed by atoms with E-state index in [-0.39, 0.29) is 12.8 Å². The first-order valence-corrected chi connectivity index (χ1v) is 7.16. The van der Waals surface area contributed by atoms with Gasteiger partial charge < -0.3 is 18.9 Å². The predicted octanol–water partition coefficient (Wildman–Crippen LogP) is 1.05. The number of carbonyl (C=O) groups is 3. The Balaban J connectivity index is 2.59. The summed E-state index contributed by atoms with van der Waals surface area (Å²) in [4.78, 5) is 39.3. The quantitative estimate of drug-likeness (QED) is 0.462. The minimum atomic E-state index is -0.982. The molecule has 1 N–H and O–H groups in total. The van der Waals surface area contributed by atoms with E-state index in [0.717, 1.165) is 0 Å². The molecule has 1 amide bonds. The first kappa shape index (κ1) is 19.2. The lowest BCUT2D eigenvalue weighted by Gasteiger charge is -2.32. The molecule has 132 valence electrons. The van der Waals surface area contributed by atoms with E-state index in [0.29, 0.717) is 0 Å². The van der Waals surface area contributed by atoms with Gasteiger partial charge in [0.15, 0.2) is 12.4 Å². The van der Waals surface area contributed by atoms with Crippen LogP contribution in [-0.4, -0.2) is 49.2 Å². The summed E-state index contributed by atoms with van der Waals surface area (Å²) in [5.74, 6) is -1.10. The van der Waals surface area contributed by atoms with E-state index in [1.807, 2.05) is 0 Å². The zero-order chi connectivity index (χ0) is 17.6. The van der Waals surface area contributed by atoms with Crippen LogP contribution in [0.15, 0.2) is 0 Å². The second-order valence-electron chi connectivity index (χ2n) is 6.00. The minimum Gasteiger partial charge on any atom is -0.467 e. The Kier molecular flexibility index (Phi) is 6.77. The van der Waals surface area contributed by atoms with E-state index in [9.17, 15) is 14.4 Å². The van der Waals surface area contributed by atoms with Crippen LogP contribution in [0.5, 0.6) is 0 Å². The molecule has 0 saturated carbocycles. The maximum absolute atomic E-state index is 11.6. The van der Waals surface area contributed by atoms with Crippen LogP contribution in [0.1, 0.15) is 40.5 Å². The van der Waals surface area contributed by atoms with Gasteiger partial charge >= 0.3 is 18.0 Å². The van der Waals surface area contributed by atoms with E-state index in [2.05, 4.69) is 10.2 Å². The third kappa shape index (κ3) is 7.29. The number of rotatable bonds is 4. The van der Waals surface area contributed by atoms with Gasteiger partial charge in [-0.3, -0.25) is 4.79 Å². The molecule has 9 heteroatoms. The summed E-state index contributed by atoms with van der Waals surface area (Å²) in [6.07, 6.45) is -3.02. The summed E-state index contributed by atoms with van der Waals surface area (Å²) >= 11 is 0. The van der Waals surface area contributed by atoms with E-state index in [1.54, 1.807) is 20.8 Å². The molecule has 1 aliphatic rings. The number of hydrogen-bond donors (Lipinski definition) is 1. The summed E-state index contributed by atoms with van der Waals surface area (Å²) in [7, 11) is 1.22. The molecule has 3 atom stereocenters. The highest BCUT2D eigenvalue weighted by molar-refractivity contribution is 5.74. The zero-order valence-corrected chi connectivity index (χ0v) is 13.9. The second-order valence-corrected chi connectivity index (χ2v) is 6.00. The van der Waals surface area contributed by atoms with Crippen molar-refractivity contribution in [2.45, 2.75) is 64.6 Å². The monoisotopic (exact) mass is 333 g/mol. The van der Waals surface area contributed by atoms with Gasteiger partial charge in [0.2, 0.25) is 0 Å². The molecule has 0 aliphatic carbocycles. The lowest BCUT2D eigenvalue weighted by atomic mass is 10.1.